The van der Waals surface area contributed by atoms with Crippen LogP contribution in [0, 0.1) is 6.92 Å². The van der Waals surface area contributed by atoms with E-state index in [1.807, 2.05) is 42.6 Å². The predicted molar refractivity (Wildman–Crippen MR) is 131 cm³/mol. The number of thiophene rings is 1. The summed E-state index contributed by atoms with van der Waals surface area (Å²) in [4.78, 5) is 42.8. The van der Waals surface area contributed by atoms with E-state index < -0.39 is 17.9 Å². The van der Waals surface area contributed by atoms with Gasteiger partial charge in [0.1, 0.15) is 11.4 Å². The number of rotatable bonds is 5. The van der Waals surface area contributed by atoms with Crippen molar-refractivity contribution in [2.75, 3.05) is 6.61 Å². The molecule has 9 nitrogen and oxygen atoms in total. The maximum Gasteiger partial charge on any atom is 0.283 e. The Kier molecular flexibility index (Phi) is 6.19. The SMILES string of the molecule is Cc1ccc(-c2csc3ncn(CCC(=O)NNC(=O)C4COc5ccccc5O4)c(=O)c23)cc1. The fourth-order valence-corrected chi connectivity index (χ4v) is 4.62. The standard InChI is InChI=1S/C25H22N4O5S/c1-15-6-8-16(9-7-15)17-13-35-24-22(17)25(32)29(14-26-24)11-10-21(30)27-28-23(31)20-12-33-18-4-2-3-5-19(18)34-20/h2-9,13-14,20H,10-12H2,1H3,(H,27,30)(H,28,31). The molecule has 1 unspecified atom stereocenters. The number of hydrogen-bond acceptors (Lipinski definition) is 7. The van der Waals surface area contributed by atoms with E-state index in [4.69, 9.17) is 9.47 Å². The summed E-state index contributed by atoms with van der Waals surface area (Å²) in [6, 6.07) is 15.0. The third-order valence-corrected chi connectivity index (χ3v) is 6.52. The van der Waals surface area contributed by atoms with Crippen molar-refractivity contribution in [2.24, 2.45) is 0 Å². The van der Waals surface area contributed by atoms with Crippen LogP contribution in [0.1, 0.15) is 12.0 Å². The first kappa shape index (κ1) is 22.6. The van der Waals surface area contributed by atoms with Gasteiger partial charge in [-0.05, 0) is 24.6 Å². The number of hydrazine groups is 1. The zero-order chi connectivity index (χ0) is 24.4. The molecule has 2 amide bonds. The summed E-state index contributed by atoms with van der Waals surface area (Å²) in [5.41, 5.74) is 7.39. The quantitative estimate of drug-likeness (QED) is 0.416. The molecule has 2 aromatic heterocycles. The number of fused-ring (bicyclic) bond motifs is 2. The molecule has 35 heavy (non-hydrogen) atoms. The number of aryl methyl sites for hydroxylation is 2. The van der Waals surface area contributed by atoms with Crippen LogP contribution in [0.4, 0.5) is 0 Å². The second kappa shape index (κ2) is 9.59. The highest BCUT2D eigenvalue weighted by atomic mass is 32.1. The molecule has 0 radical (unpaired) electrons. The largest absolute Gasteiger partial charge is 0.485 e. The van der Waals surface area contributed by atoms with Crippen LogP contribution in [0.15, 0.2) is 65.0 Å². The zero-order valence-corrected chi connectivity index (χ0v) is 19.6. The molecule has 1 aliphatic heterocycles. The van der Waals surface area contributed by atoms with Crippen LogP contribution in [-0.4, -0.2) is 34.1 Å². The van der Waals surface area contributed by atoms with Crippen molar-refractivity contribution < 1.29 is 19.1 Å². The molecule has 1 aliphatic rings. The number of carbonyl (C=O) groups excluding carboxylic acids is 2. The Bertz CT molecular complexity index is 1460. The van der Waals surface area contributed by atoms with Gasteiger partial charge in [0.15, 0.2) is 11.5 Å². The van der Waals surface area contributed by atoms with Crippen LogP contribution in [-0.2, 0) is 16.1 Å². The molecule has 0 spiro atoms. The van der Waals surface area contributed by atoms with Gasteiger partial charge in [0.05, 0.1) is 11.7 Å². The highest BCUT2D eigenvalue weighted by molar-refractivity contribution is 7.17. The van der Waals surface area contributed by atoms with Gasteiger partial charge in [0.2, 0.25) is 12.0 Å². The van der Waals surface area contributed by atoms with Crippen molar-refractivity contribution in [3.05, 3.63) is 76.2 Å². The Morgan fingerprint density at radius 2 is 1.89 bits per heavy atom. The van der Waals surface area contributed by atoms with Gasteiger partial charge >= 0.3 is 0 Å². The van der Waals surface area contributed by atoms with Gasteiger partial charge in [-0.1, -0.05) is 42.0 Å². The van der Waals surface area contributed by atoms with Crippen LogP contribution < -0.4 is 25.9 Å². The molecular weight excluding hydrogens is 468 g/mol. The van der Waals surface area contributed by atoms with Crippen LogP contribution in [0.25, 0.3) is 21.3 Å². The smallest absolute Gasteiger partial charge is 0.283 e. The van der Waals surface area contributed by atoms with E-state index in [9.17, 15) is 14.4 Å². The average molecular weight is 491 g/mol. The topological polar surface area (TPSA) is 112 Å². The Hall–Kier alpha value is -4.18. The number of carbonyl (C=O) groups is 2. The van der Waals surface area contributed by atoms with Crippen molar-refractivity contribution in [1.82, 2.24) is 20.4 Å². The summed E-state index contributed by atoms with van der Waals surface area (Å²) in [5, 5.41) is 2.45. The molecule has 0 bridgehead atoms. The van der Waals surface area contributed by atoms with E-state index >= 15 is 0 Å². The summed E-state index contributed by atoms with van der Waals surface area (Å²) in [6.45, 7) is 2.15. The van der Waals surface area contributed by atoms with E-state index in [-0.39, 0.29) is 25.1 Å². The third kappa shape index (κ3) is 4.73. The maximum atomic E-state index is 13.1. The van der Waals surface area contributed by atoms with E-state index in [1.165, 1.54) is 22.2 Å². The number of ether oxygens (including phenoxy) is 2. The van der Waals surface area contributed by atoms with Crippen molar-refractivity contribution in [3.8, 4) is 22.6 Å². The molecule has 0 saturated carbocycles. The molecule has 0 aliphatic carbocycles. The Morgan fingerprint density at radius 1 is 1.11 bits per heavy atom. The summed E-state index contributed by atoms with van der Waals surface area (Å²) in [6.07, 6.45) is 0.525. The monoisotopic (exact) mass is 490 g/mol. The third-order valence-electron chi connectivity index (χ3n) is 5.63. The van der Waals surface area contributed by atoms with Gasteiger partial charge in [-0.15, -0.1) is 11.3 Å². The average Bonchev–Trinajstić information content (AvgIpc) is 3.32. The highest BCUT2D eigenvalue weighted by Crippen LogP contribution is 2.31. The number of hydrogen-bond donors (Lipinski definition) is 2. The summed E-state index contributed by atoms with van der Waals surface area (Å²) < 4.78 is 12.5. The number of aromatic nitrogens is 2. The number of para-hydroxylation sites is 2. The first-order chi connectivity index (χ1) is 17.0. The predicted octanol–water partition coefficient (Wildman–Crippen LogP) is 2.81. The van der Waals surface area contributed by atoms with Gasteiger partial charge in [0, 0.05) is 23.9 Å². The van der Waals surface area contributed by atoms with E-state index in [0.29, 0.717) is 21.7 Å². The van der Waals surface area contributed by atoms with Crippen molar-refractivity contribution in [2.45, 2.75) is 26.0 Å². The molecular formula is C25H22N4O5S. The van der Waals surface area contributed by atoms with Crippen molar-refractivity contribution in [1.29, 1.82) is 0 Å². The molecule has 3 heterocycles. The van der Waals surface area contributed by atoms with Crippen LogP contribution >= 0.6 is 11.3 Å². The fourth-order valence-electron chi connectivity index (χ4n) is 3.72. The van der Waals surface area contributed by atoms with Gasteiger partial charge in [0.25, 0.3) is 11.5 Å². The molecule has 2 N–H and O–H groups in total. The summed E-state index contributed by atoms with van der Waals surface area (Å²) in [5.74, 6) is 0.0411. The zero-order valence-electron chi connectivity index (χ0n) is 18.8. The highest BCUT2D eigenvalue weighted by Gasteiger charge is 2.27. The van der Waals surface area contributed by atoms with Gasteiger partial charge in [-0.2, -0.15) is 0 Å². The Morgan fingerprint density at radius 3 is 2.69 bits per heavy atom. The lowest BCUT2D eigenvalue weighted by atomic mass is 10.1. The van der Waals surface area contributed by atoms with Crippen LogP contribution in [0.5, 0.6) is 11.5 Å². The summed E-state index contributed by atoms with van der Waals surface area (Å²) in [7, 11) is 0. The molecule has 5 rings (SSSR count). The minimum atomic E-state index is -0.891. The normalized spacial score (nSPS) is 14.5. The first-order valence-electron chi connectivity index (χ1n) is 11.0. The van der Waals surface area contributed by atoms with E-state index in [0.717, 1.165) is 16.7 Å². The first-order valence-corrected chi connectivity index (χ1v) is 11.9. The lowest BCUT2D eigenvalue weighted by Crippen LogP contribution is -2.51. The minimum absolute atomic E-state index is 0.0256. The van der Waals surface area contributed by atoms with Gasteiger partial charge in [-0.3, -0.25) is 29.8 Å². The number of benzene rings is 2. The molecule has 178 valence electrons. The van der Waals surface area contributed by atoms with Crippen molar-refractivity contribution in [3.63, 3.8) is 0 Å². The lowest BCUT2D eigenvalue weighted by Gasteiger charge is -2.25. The number of nitrogens with zero attached hydrogens (tertiary/aromatic N) is 2. The van der Waals surface area contributed by atoms with Gasteiger partial charge in [-0.25, -0.2) is 4.98 Å². The Labute approximate surface area is 204 Å². The second-order valence-electron chi connectivity index (χ2n) is 8.09. The van der Waals surface area contributed by atoms with Gasteiger partial charge < -0.3 is 9.47 Å². The maximum absolute atomic E-state index is 13.1. The van der Waals surface area contributed by atoms with E-state index in [2.05, 4.69) is 15.8 Å². The summed E-state index contributed by atoms with van der Waals surface area (Å²) >= 11 is 1.41. The fraction of sp³-hybridized carbons (Fsp3) is 0.200. The molecule has 0 fully saturated rings. The lowest BCUT2D eigenvalue weighted by molar-refractivity contribution is -0.135. The molecule has 1 atom stereocenters. The molecule has 4 aromatic rings. The van der Waals surface area contributed by atoms with Crippen molar-refractivity contribution >= 4 is 33.4 Å². The molecule has 0 saturated heterocycles. The van der Waals surface area contributed by atoms with Crippen LogP contribution in [0.2, 0.25) is 0 Å². The molecule has 10 heteroatoms. The molecule has 2 aromatic carbocycles. The number of nitrogens with one attached hydrogen (secondary N) is 2. The Balaban J connectivity index is 1.20. The minimum Gasteiger partial charge on any atom is -0.485 e. The van der Waals surface area contributed by atoms with E-state index in [1.54, 1.807) is 18.2 Å². The van der Waals surface area contributed by atoms with Crippen LogP contribution in [0.3, 0.4) is 0 Å². The number of amides is 2. The second-order valence-corrected chi connectivity index (χ2v) is 8.95.